The van der Waals surface area contributed by atoms with Crippen molar-refractivity contribution in [2.45, 2.75) is 0 Å². The van der Waals surface area contributed by atoms with Gasteiger partial charge in [0.1, 0.15) is 5.84 Å². The van der Waals surface area contributed by atoms with E-state index in [-0.39, 0.29) is 0 Å². The Morgan fingerprint density at radius 3 is 2.45 bits per heavy atom. The molecule has 3 rings (SSSR count). The van der Waals surface area contributed by atoms with Crippen molar-refractivity contribution in [3.8, 4) is 11.3 Å². The van der Waals surface area contributed by atoms with E-state index >= 15 is 0 Å². The van der Waals surface area contributed by atoms with Gasteiger partial charge in [0, 0.05) is 36.3 Å². The Morgan fingerprint density at radius 2 is 1.75 bits per heavy atom. The smallest absolute Gasteiger partial charge is 0.127 e. The first-order chi connectivity index (χ1) is 9.65. The second-order valence-corrected chi connectivity index (χ2v) is 5.09. The van der Waals surface area contributed by atoms with Gasteiger partial charge in [0.25, 0.3) is 0 Å². The molecule has 0 saturated carbocycles. The molecule has 2 N–H and O–H groups in total. The Kier molecular flexibility index (Phi) is 3.03. The van der Waals surface area contributed by atoms with E-state index in [1.54, 1.807) is 0 Å². The zero-order valence-corrected chi connectivity index (χ0v) is 11.6. The van der Waals surface area contributed by atoms with E-state index in [1.807, 2.05) is 49.3 Å². The first-order valence-electron chi connectivity index (χ1n) is 6.59. The van der Waals surface area contributed by atoms with Crippen LogP contribution >= 0.6 is 0 Å². The SMILES string of the molecule is CN(C)C(=N)c1ccc2cc(-c3ccccc3)[nH]c2c1. The minimum absolute atomic E-state index is 0.516. The van der Waals surface area contributed by atoms with Crippen LogP contribution in [0.15, 0.2) is 54.6 Å². The summed E-state index contributed by atoms with van der Waals surface area (Å²) in [6.45, 7) is 0. The Bertz CT molecular complexity index is 754. The van der Waals surface area contributed by atoms with Crippen molar-refractivity contribution in [2.75, 3.05) is 14.1 Å². The zero-order chi connectivity index (χ0) is 14.1. The van der Waals surface area contributed by atoms with Crippen LogP contribution < -0.4 is 0 Å². The van der Waals surface area contributed by atoms with Crippen molar-refractivity contribution in [1.82, 2.24) is 9.88 Å². The summed E-state index contributed by atoms with van der Waals surface area (Å²) < 4.78 is 0. The molecule has 3 aromatic rings. The first-order valence-corrected chi connectivity index (χ1v) is 6.59. The number of aromatic nitrogens is 1. The lowest BCUT2D eigenvalue weighted by molar-refractivity contribution is 0.619. The zero-order valence-electron chi connectivity index (χ0n) is 11.6. The third kappa shape index (κ3) is 2.18. The third-order valence-corrected chi connectivity index (χ3v) is 3.43. The van der Waals surface area contributed by atoms with Crippen LogP contribution in [0.2, 0.25) is 0 Å². The van der Waals surface area contributed by atoms with E-state index in [9.17, 15) is 0 Å². The molecule has 0 amide bonds. The van der Waals surface area contributed by atoms with Crippen molar-refractivity contribution in [3.05, 3.63) is 60.2 Å². The van der Waals surface area contributed by atoms with E-state index in [0.717, 1.165) is 16.8 Å². The van der Waals surface area contributed by atoms with Crippen LogP contribution in [-0.2, 0) is 0 Å². The summed E-state index contributed by atoms with van der Waals surface area (Å²) in [7, 11) is 3.77. The van der Waals surface area contributed by atoms with Crippen LogP contribution in [0.1, 0.15) is 5.56 Å². The number of hydrogen-bond acceptors (Lipinski definition) is 1. The number of rotatable bonds is 2. The molecule has 1 aromatic heterocycles. The van der Waals surface area contributed by atoms with Crippen LogP contribution in [0.4, 0.5) is 0 Å². The quantitative estimate of drug-likeness (QED) is 0.537. The molecule has 0 aliphatic carbocycles. The molecule has 0 aliphatic rings. The lowest BCUT2D eigenvalue weighted by Crippen LogP contribution is -2.21. The fourth-order valence-electron chi connectivity index (χ4n) is 2.31. The van der Waals surface area contributed by atoms with Crippen LogP contribution in [0.3, 0.4) is 0 Å². The number of aromatic amines is 1. The van der Waals surface area contributed by atoms with E-state index in [4.69, 9.17) is 5.41 Å². The van der Waals surface area contributed by atoms with Crippen molar-refractivity contribution in [3.63, 3.8) is 0 Å². The first kappa shape index (κ1) is 12.5. The molecular weight excluding hydrogens is 246 g/mol. The maximum Gasteiger partial charge on any atom is 0.127 e. The van der Waals surface area contributed by atoms with Crippen LogP contribution in [0.25, 0.3) is 22.2 Å². The van der Waals surface area contributed by atoms with E-state index in [2.05, 4.69) is 29.2 Å². The fourth-order valence-corrected chi connectivity index (χ4v) is 2.31. The minimum atomic E-state index is 0.516. The third-order valence-electron chi connectivity index (χ3n) is 3.43. The van der Waals surface area contributed by atoms with E-state index in [1.165, 1.54) is 10.9 Å². The maximum absolute atomic E-state index is 8.04. The Balaban J connectivity index is 2.06. The molecule has 2 aromatic carbocycles. The summed E-state index contributed by atoms with van der Waals surface area (Å²) in [4.78, 5) is 5.24. The molecule has 100 valence electrons. The van der Waals surface area contributed by atoms with Gasteiger partial charge in [0.05, 0.1) is 0 Å². The average Bonchev–Trinajstić information content (AvgIpc) is 2.90. The van der Waals surface area contributed by atoms with Crippen LogP contribution in [-0.4, -0.2) is 29.8 Å². The summed E-state index contributed by atoms with van der Waals surface area (Å²) in [6, 6.07) is 18.5. The lowest BCUT2D eigenvalue weighted by Gasteiger charge is -2.13. The largest absolute Gasteiger partial charge is 0.363 e. The Hall–Kier alpha value is -2.55. The second kappa shape index (κ2) is 4.85. The molecule has 0 atom stereocenters. The molecule has 0 unspecified atom stereocenters. The molecule has 1 heterocycles. The molecule has 0 saturated heterocycles. The molecule has 20 heavy (non-hydrogen) atoms. The standard InChI is InChI=1S/C17H17N3/c1-20(2)17(18)14-9-8-13-10-15(19-16(13)11-14)12-6-4-3-5-7-12/h3-11,18-19H,1-2H3. The predicted molar refractivity (Wildman–Crippen MR) is 84.3 cm³/mol. The van der Waals surface area contributed by atoms with Gasteiger partial charge in [-0.2, -0.15) is 0 Å². The van der Waals surface area contributed by atoms with Gasteiger partial charge in [0.2, 0.25) is 0 Å². The van der Waals surface area contributed by atoms with Crippen molar-refractivity contribution >= 4 is 16.7 Å². The van der Waals surface area contributed by atoms with Crippen LogP contribution in [0, 0.1) is 5.41 Å². The number of benzene rings is 2. The van der Waals surface area contributed by atoms with Gasteiger partial charge in [-0.15, -0.1) is 0 Å². The summed E-state index contributed by atoms with van der Waals surface area (Å²) in [5, 5.41) is 9.21. The van der Waals surface area contributed by atoms with Gasteiger partial charge in [-0.1, -0.05) is 42.5 Å². The molecule has 0 radical (unpaired) electrons. The number of hydrogen-bond donors (Lipinski definition) is 2. The monoisotopic (exact) mass is 263 g/mol. The van der Waals surface area contributed by atoms with Gasteiger partial charge >= 0.3 is 0 Å². The highest BCUT2D eigenvalue weighted by Crippen LogP contribution is 2.24. The van der Waals surface area contributed by atoms with Gasteiger partial charge < -0.3 is 9.88 Å². The molecular formula is C17H17N3. The lowest BCUT2D eigenvalue weighted by atomic mass is 10.1. The average molecular weight is 263 g/mol. The van der Waals surface area contributed by atoms with Crippen molar-refractivity contribution in [1.29, 1.82) is 5.41 Å². The molecule has 0 fully saturated rings. The Labute approximate surface area is 118 Å². The number of H-pyrrole nitrogens is 1. The maximum atomic E-state index is 8.04. The second-order valence-electron chi connectivity index (χ2n) is 5.09. The topological polar surface area (TPSA) is 42.9 Å². The number of fused-ring (bicyclic) bond motifs is 1. The fraction of sp³-hybridized carbons (Fsp3) is 0.118. The van der Waals surface area contributed by atoms with Gasteiger partial charge in [0.15, 0.2) is 0 Å². The van der Waals surface area contributed by atoms with Gasteiger partial charge in [-0.3, -0.25) is 5.41 Å². The van der Waals surface area contributed by atoms with Crippen molar-refractivity contribution < 1.29 is 0 Å². The number of amidine groups is 1. The summed E-state index contributed by atoms with van der Waals surface area (Å²) in [5.74, 6) is 0.516. The summed E-state index contributed by atoms with van der Waals surface area (Å²) >= 11 is 0. The minimum Gasteiger partial charge on any atom is -0.363 e. The van der Waals surface area contributed by atoms with Gasteiger partial charge in [-0.05, 0) is 17.7 Å². The molecule has 3 heteroatoms. The highest BCUT2D eigenvalue weighted by molar-refractivity contribution is 6.00. The summed E-state index contributed by atoms with van der Waals surface area (Å²) in [6.07, 6.45) is 0. The van der Waals surface area contributed by atoms with Crippen LogP contribution in [0.5, 0.6) is 0 Å². The van der Waals surface area contributed by atoms with E-state index in [0.29, 0.717) is 5.84 Å². The highest BCUT2D eigenvalue weighted by atomic mass is 15.1. The Morgan fingerprint density at radius 1 is 1.00 bits per heavy atom. The highest BCUT2D eigenvalue weighted by Gasteiger charge is 2.07. The van der Waals surface area contributed by atoms with Crippen molar-refractivity contribution in [2.24, 2.45) is 0 Å². The molecule has 0 bridgehead atoms. The normalized spacial score (nSPS) is 10.7. The molecule has 3 nitrogen and oxygen atoms in total. The molecule has 0 aliphatic heterocycles. The number of nitrogens with zero attached hydrogens (tertiary/aromatic N) is 1. The molecule has 0 spiro atoms. The van der Waals surface area contributed by atoms with Gasteiger partial charge in [-0.25, -0.2) is 0 Å². The van der Waals surface area contributed by atoms with E-state index < -0.39 is 0 Å². The summed E-state index contributed by atoms with van der Waals surface area (Å²) in [5.41, 5.74) is 4.26. The number of nitrogens with one attached hydrogen (secondary N) is 2. The predicted octanol–water partition coefficient (Wildman–Crippen LogP) is 3.72.